The van der Waals surface area contributed by atoms with Crippen molar-refractivity contribution < 1.29 is 9.84 Å². The summed E-state index contributed by atoms with van der Waals surface area (Å²) in [5, 5.41) is 10.4. The van der Waals surface area contributed by atoms with Crippen molar-refractivity contribution in [2.75, 3.05) is 25.9 Å². The van der Waals surface area contributed by atoms with Crippen molar-refractivity contribution in [3.05, 3.63) is 5.82 Å². The number of anilines is 1. The molecule has 2 aromatic heterocycles. The van der Waals surface area contributed by atoms with Gasteiger partial charge in [0.15, 0.2) is 17.0 Å². The van der Waals surface area contributed by atoms with Crippen LogP contribution in [0.15, 0.2) is 0 Å². The molecule has 0 spiro atoms. The van der Waals surface area contributed by atoms with Crippen molar-refractivity contribution in [2.45, 2.75) is 84.9 Å². The number of nitrogens with zero attached hydrogens (tertiary/aromatic N) is 5. The molecule has 0 amide bonds. The molecule has 0 fully saturated rings. The van der Waals surface area contributed by atoms with Gasteiger partial charge >= 0.3 is 6.01 Å². The van der Waals surface area contributed by atoms with Crippen molar-refractivity contribution in [3.8, 4) is 6.01 Å². The lowest BCUT2D eigenvalue weighted by atomic mass is 10.1. The average molecular weight is 407 g/mol. The molecule has 0 unspecified atom stereocenters. The minimum Gasteiger partial charge on any atom is -0.463 e. The smallest absolute Gasteiger partial charge is 0.320 e. The SMILES string of the molecule is CCCCc1nc2c(N)nc(OCCCN(C)C(C)(C)C)nc2n1CC(C)(C)O. The Morgan fingerprint density at radius 3 is 2.38 bits per heavy atom. The number of aryl methyl sites for hydroxylation is 1. The van der Waals surface area contributed by atoms with Crippen molar-refractivity contribution in [1.82, 2.24) is 24.4 Å². The van der Waals surface area contributed by atoms with E-state index in [4.69, 9.17) is 10.5 Å². The summed E-state index contributed by atoms with van der Waals surface area (Å²) in [7, 11) is 2.10. The molecule has 0 aliphatic carbocycles. The van der Waals surface area contributed by atoms with Gasteiger partial charge in [0.05, 0.1) is 18.8 Å². The van der Waals surface area contributed by atoms with E-state index < -0.39 is 5.60 Å². The molecule has 8 heteroatoms. The van der Waals surface area contributed by atoms with Crippen LogP contribution in [0, 0.1) is 0 Å². The lowest BCUT2D eigenvalue weighted by Gasteiger charge is -2.31. The Labute approximate surface area is 174 Å². The summed E-state index contributed by atoms with van der Waals surface area (Å²) in [6.07, 6.45) is 3.73. The van der Waals surface area contributed by atoms with Gasteiger partial charge in [-0.25, -0.2) is 4.98 Å². The second-order valence-electron chi connectivity index (χ2n) is 9.39. The molecule has 0 aliphatic rings. The molecule has 0 atom stereocenters. The maximum Gasteiger partial charge on any atom is 0.320 e. The van der Waals surface area contributed by atoms with Gasteiger partial charge in [-0.2, -0.15) is 9.97 Å². The van der Waals surface area contributed by atoms with Crippen LogP contribution in [0.3, 0.4) is 0 Å². The number of hydrogen-bond acceptors (Lipinski definition) is 7. The molecule has 164 valence electrons. The average Bonchev–Trinajstić information content (AvgIpc) is 2.92. The van der Waals surface area contributed by atoms with Crippen molar-refractivity contribution >= 4 is 17.0 Å². The predicted octanol–water partition coefficient (Wildman–Crippen LogP) is 3.02. The topological polar surface area (TPSA) is 102 Å². The largest absolute Gasteiger partial charge is 0.463 e. The van der Waals surface area contributed by atoms with Crippen LogP contribution in [0.1, 0.15) is 66.6 Å². The summed E-state index contributed by atoms with van der Waals surface area (Å²) in [5.41, 5.74) is 6.58. The molecule has 29 heavy (non-hydrogen) atoms. The highest BCUT2D eigenvalue weighted by Crippen LogP contribution is 2.24. The van der Waals surface area contributed by atoms with E-state index in [-0.39, 0.29) is 11.5 Å². The van der Waals surface area contributed by atoms with E-state index in [1.807, 2.05) is 4.57 Å². The van der Waals surface area contributed by atoms with Crippen LogP contribution in [0.25, 0.3) is 11.2 Å². The molecular formula is C21H38N6O2. The Balaban J connectivity index is 2.22. The highest BCUT2D eigenvalue weighted by molar-refractivity contribution is 5.82. The van der Waals surface area contributed by atoms with Crippen LogP contribution in [-0.2, 0) is 13.0 Å². The molecule has 0 saturated carbocycles. The number of ether oxygens (including phenoxy) is 1. The first-order valence-electron chi connectivity index (χ1n) is 10.5. The van der Waals surface area contributed by atoms with Gasteiger partial charge in [-0.05, 0) is 54.5 Å². The molecule has 0 radical (unpaired) electrons. The zero-order valence-electron chi connectivity index (χ0n) is 19.1. The number of nitrogen functional groups attached to an aromatic ring is 1. The van der Waals surface area contributed by atoms with E-state index in [0.29, 0.717) is 30.1 Å². The Hall–Kier alpha value is -1.93. The van der Waals surface area contributed by atoms with Crippen LogP contribution in [-0.4, -0.2) is 60.9 Å². The summed E-state index contributed by atoms with van der Waals surface area (Å²) in [5.74, 6) is 1.18. The molecule has 8 nitrogen and oxygen atoms in total. The van der Waals surface area contributed by atoms with Gasteiger partial charge in [0.1, 0.15) is 5.82 Å². The summed E-state index contributed by atoms with van der Waals surface area (Å²) >= 11 is 0. The number of aromatic nitrogens is 4. The highest BCUT2D eigenvalue weighted by Gasteiger charge is 2.22. The van der Waals surface area contributed by atoms with Gasteiger partial charge in [-0.3, -0.25) is 0 Å². The molecule has 3 N–H and O–H groups in total. The normalized spacial score (nSPS) is 12.9. The Kier molecular flexibility index (Phi) is 7.45. The number of imidazole rings is 1. The van der Waals surface area contributed by atoms with Gasteiger partial charge in [0.25, 0.3) is 0 Å². The molecule has 2 rings (SSSR count). The number of unbranched alkanes of at least 4 members (excludes halogenated alkanes) is 1. The summed E-state index contributed by atoms with van der Waals surface area (Å²) in [6.45, 7) is 14.1. The first-order chi connectivity index (χ1) is 13.4. The van der Waals surface area contributed by atoms with E-state index in [1.54, 1.807) is 13.8 Å². The van der Waals surface area contributed by atoms with Crippen LogP contribution in [0.4, 0.5) is 5.82 Å². The molecule has 0 aliphatic heterocycles. The van der Waals surface area contributed by atoms with Crippen molar-refractivity contribution in [1.29, 1.82) is 0 Å². The zero-order valence-corrected chi connectivity index (χ0v) is 19.1. The monoisotopic (exact) mass is 406 g/mol. The number of rotatable bonds is 10. The third-order valence-corrected chi connectivity index (χ3v) is 4.99. The summed E-state index contributed by atoms with van der Waals surface area (Å²) < 4.78 is 7.75. The molecule has 0 bridgehead atoms. The third-order valence-electron chi connectivity index (χ3n) is 4.99. The van der Waals surface area contributed by atoms with Crippen LogP contribution >= 0.6 is 0 Å². The molecule has 2 heterocycles. The number of hydrogen-bond donors (Lipinski definition) is 2. The Morgan fingerprint density at radius 2 is 1.79 bits per heavy atom. The van der Waals surface area contributed by atoms with E-state index in [0.717, 1.165) is 38.1 Å². The quantitative estimate of drug-likeness (QED) is 0.585. The van der Waals surface area contributed by atoms with E-state index in [1.165, 1.54) is 0 Å². The fraction of sp³-hybridized carbons (Fsp3) is 0.762. The second-order valence-corrected chi connectivity index (χ2v) is 9.39. The van der Waals surface area contributed by atoms with Gasteiger partial charge in [0.2, 0.25) is 0 Å². The maximum absolute atomic E-state index is 10.4. The van der Waals surface area contributed by atoms with Gasteiger partial charge in [0, 0.05) is 18.5 Å². The first-order valence-corrected chi connectivity index (χ1v) is 10.5. The molecule has 0 aromatic carbocycles. The third kappa shape index (κ3) is 6.54. The first kappa shape index (κ1) is 23.3. The van der Waals surface area contributed by atoms with Gasteiger partial charge in [-0.1, -0.05) is 13.3 Å². The van der Waals surface area contributed by atoms with E-state index >= 15 is 0 Å². The van der Waals surface area contributed by atoms with Crippen molar-refractivity contribution in [2.24, 2.45) is 0 Å². The van der Waals surface area contributed by atoms with Gasteiger partial charge < -0.3 is 25.0 Å². The minimum absolute atomic E-state index is 0.123. The fourth-order valence-corrected chi connectivity index (χ4v) is 2.99. The molecule has 0 saturated heterocycles. The Bertz CT molecular complexity index is 804. The fourth-order valence-electron chi connectivity index (χ4n) is 2.99. The highest BCUT2D eigenvalue weighted by atomic mass is 16.5. The Morgan fingerprint density at radius 1 is 1.10 bits per heavy atom. The maximum atomic E-state index is 10.4. The van der Waals surface area contributed by atoms with Crippen LogP contribution < -0.4 is 10.5 Å². The number of fused-ring (bicyclic) bond motifs is 1. The molecule has 2 aromatic rings. The van der Waals surface area contributed by atoms with Crippen LogP contribution in [0.5, 0.6) is 6.01 Å². The van der Waals surface area contributed by atoms with Crippen LogP contribution in [0.2, 0.25) is 0 Å². The minimum atomic E-state index is -0.896. The number of nitrogens with two attached hydrogens (primary N) is 1. The predicted molar refractivity (Wildman–Crippen MR) is 117 cm³/mol. The number of aliphatic hydroxyl groups is 1. The lowest BCUT2D eigenvalue weighted by Crippen LogP contribution is -2.39. The van der Waals surface area contributed by atoms with E-state index in [2.05, 4.69) is 54.6 Å². The summed E-state index contributed by atoms with van der Waals surface area (Å²) in [4.78, 5) is 15.8. The zero-order chi connectivity index (χ0) is 21.8. The van der Waals surface area contributed by atoms with Gasteiger partial charge in [-0.15, -0.1) is 0 Å². The van der Waals surface area contributed by atoms with Crippen molar-refractivity contribution in [3.63, 3.8) is 0 Å². The van der Waals surface area contributed by atoms with E-state index in [9.17, 15) is 5.11 Å². The standard InChI is InChI=1S/C21H38N6O2/c1-8-9-11-15-23-16-17(22)24-19(25-18(16)27(15)14-21(5,6)28)29-13-10-12-26(7)20(2,3)4/h28H,8-14H2,1-7H3,(H2,22,24,25). The summed E-state index contributed by atoms with van der Waals surface area (Å²) in [6, 6.07) is 0.257. The second kappa shape index (κ2) is 9.26. The lowest BCUT2D eigenvalue weighted by molar-refractivity contribution is 0.0616. The molecular weight excluding hydrogens is 368 g/mol.